The van der Waals surface area contributed by atoms with Gasteiger partial charge in [0.15, 0.2) is 0 Å². The largest absolute Gasteiger partial charge is 0.465 e. The van der Waals surface area contributed by atoms with Crippen LogP contribution in [0.4, 0.5) is 0 Å². The standard InChI is InChI=1S/C25H20N2O4S/c1-30-25(29)19-11-9-18(10-12-19)17-31-23(28)14-13-20-16-27(21-6-3-2-4-7-21)26-24(20)22-8-5-15-32-22/h2-16H,17H2,1H3. The van der Waals surface area contributed by atoms with Crippen molar-refractivity contribution in [2.24, 2.45) is 0 Å². The zero-order valence-corrected chi connectivity index (χ0v) is 18.1. The number of methoxy groups -OCH3 is 1. The highest BCUT2D eigenvalue weighted by Gasteiger charge is 2.12. The summed E-state index contributed by atoms with van der Waals surface area (Å²) in [5.74, 6) is -0.874. The molecule has 0 radical (unpaired) electrons. The lowest BCUT2D eigenvalue weighted by molar-refractivity contribution is -0.138. The highest BCUT2D eigenvalue weighted by atomic mass is 32.1. The van der Waals surface area contributed by atoms with Gasteiger partial charge in [-0.3, -0.25) is 0 Å². The smallest absolute Gasteiger partial charge is 0.337 e. The van der Waals surface area contributed by atoms with Crippen LogP contribution in [0.5, 0.6) is 0 Å². The van der Waals surface area contributed by atoms with E-state index in [9.17, 15) is 9.59 Å². The minimum atomic E-state index is -0.466. The van der Waals surface area contributed by atoms with Gasteiger partial charge >= 0.3 is 11.9 Å². The van der Waals surface area contributed by atoms with E-state index in [4.69, 9.17) is 9.84 Å². The van der Waals surface area contributed by atoms with E-state index in [-0.39, 0.29) is 6.61 Å². The van der Waals surface area contributed by atoms with Gasteiger partial charge in [-0.2, -0.15) is 5.10 Å². The second kappa shape index (κ2) is 9.89. The molecule has 0 aliphatic carbocycles. The summed E-state index contributed by atoms with van der Waals surface area (Å²) in [6.45, 7) is 0.103. The van der Waals surface area contributed by atoms with Gasteiger partial charge in [0.05, 0.1) is 23.2 Å². The predicted molar refractivity (Wildman–Crippen MR) is 123 cm³/mol. The van der Waals surface area contributed by atoms with Crippen molar-refractivity contribution in [1.29, 1.82) is 0 Å². The Morgan fingerprint density at radius 1 is 1.03 bits per heavy atom. The third kappa shape index (κ3) is 5.01. The molecule has 160 valence electrons. The molecule has 0 bridgehead atoms. The van der Waals surface area contributed by atoms with Crippen LogP contribution in [0.3, 0.4) is 0 Å². The molecule has 4 aromatic rings. The van der Waals surface area contributed by atoms with E-state index >= 15 is 0 Å². The van der Waals surface area contributed by atoms with E-state index in [1.54, 1.807) is 46.4 Å². The number of hydrogen-bond donors (Lipinski definition) is 0. The van der Waals surface area contributed by atoms with E-state index in [1.165, 1.54) is 13.2 Å². The zero-order valence-electron chi connectivity index (χ0n) is 17.3. The highest BCUT2D eigenvalue weighted by Crippen LogP contribution is 2.28. The molecule has 0 aliphatic heterocycles. The quantitative estimate of drug-likeness (QED) is 0.291. The number of hydrogen-bond acceptors (Lipinski definition) is 6. The number of aromatic nitrogens is 2. The number of nitrogens with zero attached hydrogens (tertiary/aromatic N) is 2. The number of benzene rings is 2. The van der Waals surface area contributed by atoms with Crippen LogP contribution in [0.25, 0.3) is 22.3 Å². The number of carbonyl (C=O) groups excluding carboxylic acids is 2. The highest BCUT2D eigenvalue weighted by molar-refractivity contribution is 7.13. The van der Waals surface area contributed by atoms with E-state index < -0.39 is 11.9 Å². The van der Waals surface area contributed by atoms with Crippen molar-refractivity contribution in [1.82, 2.24) is 9.78 Å². The summed E-state index contributed by atoms with van der Waals surface area (Å²) < 4.78 is 11.8. The topological polar surface area (TPSA) is 70.4 Å². The Morgan fingerprint density at radius 3 is 2.50 bits per heavy atom. The molecular weight excluding hydrogens is 424 g/mol. The van der Waals surface area contributed by atoms with Gasteiger partial charge in [-0.05, 0) is 47.4 Å². The van der Waals surface area contributed by atoms with Crippen molar-refractivity contribution in [3.8, 4) is 16.3 Å². The Morgan fingerprint density at radius 2 is 1.81 bits per heavy atom. The third-order valence-corrected chi connectivity index (χ3v) is 5.55. The van der Waals surface area contributed by atoms with Gasteiger partial charge in [-0.15, -0.1) is 11.3 Å². The van der Waals surface area contributed by atoms with Crippen LogP contribution >= 0.6 is 11.3 Å². The number of carbonyl (C=O) groups is 2. The molecule has 7 heteroatoms. The summed E-state index contributed by atoms with van der Waals surface area (Å²) in [5, 5.41) is 6.70. The number of para-hydroxylation sites is 1. The van der Waals surface area contributed by atoms with Gasteiger partial charge in [-0.1, -0.05) is 36.4 Å². The maximum absolute atomic E-state index is 12.3. The molecule has 2 aromatic carbocycles. The molecule has 0 unspecified atom stereocenters. The average Bonchev–Trinajstić information content (AvgIpc) is 3.52. The first-order chi connectivity index (χ1) is 15.6. The maximum atomic E-state index is 12.3. The first-order valence-electron chi connectivity index (χ1n) is 9.85. The summed E-state index contributed by atoms with van der Waals surface area (Å²) in [7, 11) is 1.33. The lowest BCUT2D eigenvalue weighted by Gasteiger charge is -2.04. The number of rotatable bonds is 7. The monoisotopic (exact) mass is 444 g/mol. The number of ether oxygens (including phenoxy) is 2. The fourth-order valence-electron chi connectivity index (χ4n) is 3.04. The SMILES string of the molecule is COC(=O)c1ccc(COC(=O)C=Cc2cn(-c3ccccc3)nc2-c2cccs2)cc1. The Bertz CT molecular complexity index is 1230. The van der Waals surface area contributed by atoms with E-state index in [0.717, 1.165) is 27.4 Å². The van der Waals surface area contributed by atoms with Crippen molar-refractivity contribution >= 4 is 29.4 Å². The van der Waals surface area contributed by atoms with Gasteiger partial charge in [0.1, 0.15) is 12.3 Å². The Labute approximate surface area is 189 Å². The average molecular weight is 445 g/mol. The molecule has 0 fully saturated rings. The van der Waals surface area contributed by atoms with Crippen molar-refractivity contribution in [3.63, 3.8) is 0 Å². The second-order valence-electron chi connectivity index (χ2n) is 6.82. The Balaban J connectivity index is 1.47. The van der Waals surface area contributed by atoms with E-state index in [1.807, 2.05) is 54.0 Å². The summed E-state index contributed by atoms with van der Waals surface area (Å²) in [5.41, 5.74) is 3.76. The fourth-order valence-corrected chi connectivity index (χ4v) is 3.77. The van der Waals surface area contributed by atoms with Gasteiger partial charge in [-0.25, -0.2) is 14.3 Å². The first kappa shape index (κ1) is 21.3. The second-order valence-corrected chi connectivity index (χ2v) is 7.77. The number of esters is 2. The molecule has 0 saturated carbocycles. The molecule has 4 rings (SSSR count). The van der Waals surface area contributed by atoms with E-state index in [2.05, 4.69) is 4.74 Å². The lowest BCUT2D eigenvalue weighted by atomic mass is 10.1. The van der Waals surface area contributed by atoms with Crippen molar-refractivity contribution in [3.05, 3.63) is 101 Å². The van der Waals surface area contributed by atoms with Crippen molar-refractivity contribution < 1.29 is 19.1 Å². The van der Waals surface area contributed by atoms with Crippen LogP contribution < -0.4 is 0 Å². The van der Waals surface area contributed by atoms with Crippen LogP contribution in [0, 0.1) is 0 Å². The summed E-state index contributed by atoms with van der Waals surface area (Å²) in [4.78, 5) is 24.8. The molecule has 0 spiro atoms. The first-order valence-corrected chi connectivity index (χ1v) is 10.7. The van der Waals surface area contributed by atoms with E-state index in [0.29, 0.717) is 5.56 Å². The van der Waals surface area contributed by atoms with Crippen LogP contribution in [0.1, 0.15) is 21.5 Å². The normalized spacial score (nSPS) is 10.9. The van der Waals surface area contributed by atoms with Crippen LogP contribution in [0.2, 0.25) is 0 Å². The Hall–Kier alpha value is -3.97. The van der Waals surface area contributed by atoms with Crippen molar-refractivity contribution in [2.75, 3.05) is 7.11 Å². The molecule has 6 nitrogen and oxygen atoms in total. The van der Waals surface area contributed by atoms with Crippen LogP contribution in [-0.2, 0) is 20.9 Å². The summed E-state index contributed by atoms with van der Waals surface area (Å²) >= 11 is 1.59. The minimum absolute atomic E-state index is 0.103. The molecule has 0 atom stereocenters. The zero-order chi connectivity index (χ0) is 22.3. The van der Waals surface area contributed by atoms with Gasteiger partial charge in [0, 0.05) is 17.8 Å². The maximum Gasteiger partial charge on any atom is 0.337 e. The summed E-state index contributed by atoms with van der Waals surface area (Å²) in [6, 6.07) is 20.5. The van der Waals surface area contributed by atoms with Gasteiger partial charge in [0.2, 0.25) is 0 Å². The molecule has 2 aromatic heterocycles. The van der Waals surface area contributed by atoms with Gasteiger partial charge in [0.25, 0.3) is 0 Å². The van der Waals surface area contributed by atoms with Crippen molar-refractivity contribution in [2.45, 2.75) is 6.61 Å². The van der Waals surface area contributed by atoms with Crippen LogP contribution in [-0.4, -0.2) is 28.8 Å². The Kier molecular flexibility index (Phi) is 6.57. The van der Waals surface area contributed by atoms with Crippen LogP contribution in [0.15, 0.2) is 84.4 Å². The molecule has 0 amide bonds. The molecule has 32 heavy (non-hydrogen) atoms. The third-order valence-electron chi connectivity index (χ3n) is 4.67. The molecule has 0 saturated heterocycles. The van der Waals surface area contributed by atoms with Gasteiger partial charge < -0.3 is 9.47 Å². The molecule has 2 heterocycles. The molecular formula is C25H20N2O4S. The number of thiophene rings is 1. The summed E-state index contributed by atoms with van der Waals surface area (Å²) in [6.07, 6.45) is 5.00. The fraction of sp³-hybridized carbons (Fsp3) is 0.0800. The molecule has 0 aliphatic rings. The molecule has 0 N–H and O–H groups in total. The lowest BCUT2D eigenvalue weighted by Crippen LogP contribution is -2.03. The minimum Gasteiger partial charge on any atom is -0.465 e. The predicted octanol–water partition coefficient (Wildman–Crippen LogP) is 5.14.